The van der Waals surface area contributed by atoms with Crippen LogP contribution in [-0.4, -0.2) is 44.8 Å². The molecule has 2 N–H and O–H groups in total. The summed E-state index contributed by atoms with van der Waals surface area (Å²) in [6, 6.07) is 1.26. The molecule has 0 aliphatic rings. The molecule has 0 saturated heterocycles. The molecule has 0 amide bonds. The highest BCUT2D eigenvalue weighted by Gasteiger charge is 2.48. The minimum atomic E-state index is -5.78. The number of aromatic amines is 1. The van der Waals surface area contributed by atoms with Crippen LogP contribution in [0.2, 0.25) is 5.02 Å². The predicted molar refractivity (Wildman–Crippen MR) is 84.7 cm³/mol. The average Bonchev–Trinajstić information content (AvgIpc) is 3.03. The molecule has 0 bridgehead atoms. The van der Waals surface area contributed by atoms with E-state index < -0.39 is 42.2 Å². The van der Waals surface area contributed by atoms with Gasteiger partial charge in [0.1, 0.15) is 0 Å². The van der Waals surface area contributed by atoms with Crippen LogP contribution in [0.3, 0.4) is 0 Å². The Hall–Kier alpha value is -2.93. The maximum Gasteiger partial charge on any atom is 0.501 e. The number of hydrogen-bond donors (Lipinski definition) is 2. The van der Waals surface area contributed by atoms with Gasteiger partial charge in [-0.2, -0.15) is 18.3 Å². The zero-order valence-electron chi connectivity index (χ0n) is 12.7. The number of aromatic nitrogens is 4. The zero-order chi connectivity index (χ0) is 20.1. The van der Waals surface area contributed by atoms with Crippen molar-refractivity contribution in [1.82, 2.24) is 19.7 Å². The number of carbonyl (C=O) groups is 1. The summed E-state index contributed by atoms with van der Waals surface area (Å²) in [7, 11) is -5.78. The molecule has 0 radical (unpaired) electrons. The fraction of sp³-hybridized carbons (Fsp3) is 0.0769. The third-order valence-corrected chi connectivity index (χ3v) is 5.34. The number of carboxylic acid groups (broad SMARTS) is 1. The molecule has 0 unspecified atom stereocenters. The van der Waals surface area contributed by atoms with Gasteiger partial charge in [-0.1, -0.05) is 11.6 Å². The number of rotatable bonds is 3. The number of nitrogens with one attached hydrogen (secondary N) is 1. The molecule has 2 heterocycles. The molecule has 0 atom stereocenters. The Morgan fingerprint density at radius 2 is 1.96 bits per heavy atom. The fourth-order valence-corrected chi connectivity index (χ4v) is 3.42. The van der Waals surface area contributed by atoms with Crippen LogP contribution in [0.25, 0.3) is 16.9 Å². The van der Waals surface area contributed by atoms with Gasteiger partial charge in [-0.3, -0.25) is 9.78 Å². The summed E-state index contributed by atoms with van der Waals surface area (Å²) in [5.41, 5.74) is -7.00. The average molecular weight is 423 g/mol. The number of fused-ring (bicyclic) bond motifs is 1. The smallest absolute Gasteiger partial charge is 0.478 e. The van der Waals surface area contributed by atoms with E-state index in [1.54, 1.807) is 0 Å². The highest BCUT2D eigenvalue weighted by molar-refractivity contribution is 7.92. The van der Waals surface area contributed by atoms with Gasteiger partial charge in [-0.25, -0.2) is 22.9 Å². The molecule has 2 aromatic heterocycles. The lowest BCUT2D eigenvalue weighted by Gasteiger charge is -2.11. The Bertz CT molecular complexity index is 1250. The molecule has 9 nitrogen and oxygen atoms in total. The highest BCUT2D eigenvalue weighted by Crippen LogP contribution is 2.35. The van der Waals surface area contributed by atoms with Crippen molar-refractivity contribution in [3.63, 3.8) is 0 Å². The van der Waals surface area contributed by atoms with Crippen molar-refractivity contribution in [2.45, 2.75) is 10.4 Å². The molecule has 0 aliphatic heterocycles. The number of halogens is 4. The van der Waals surface area contributed by atoms with Gasteiger partial charge in [0.05, 0.1) is 32.6 Å². The summed E-state index contributed by atoms with van der Waals surface area (Å²) in [5.74, 6) is -1.53. The van der Waals surface area contributed by atoms with E-state index in [4.69, 9.17) is 16.7 Å². The van der Waals surface area contributed by atoms with Crippen LogP contribution < -0.4 is 5.56 Å². The summed E-state index contributed by atoms with van der Waals surface area (Å²) >= 11 is 5.66. The van der Waals surface area contributed by atoms with Crippen LogP contribution in [0.4, 0.5) is 13.2 Å². The third kappa shape index (κ3) is 3.14. The van der Waals surface area contributed by atoms with Gasteiger partial charge >= 0.3 is 11.5 Å². The van der Waals surface area contributed by atoms with Gasteiger partial charge in [-0.15, -0.1) is 0 Å². The van der Waals surface area contributed by atoms with Crippen molar-refractivity contribution >= 4 is 38.3 Å². The minimum absolute atomic E-state index is 0.206. The Balaban J connectivity index is 2.22. The lowest BCUT2D eigenvalue weighted by molar-refractivity contribution is -0.0436. The van der Waals surface area contributed by atoms with Crippen LogP contribution in [0, 0.1) is 0 Å². The quantitative estimate of drug-likeness (QED) is 0.656. The number of H-pyrrole nitrogens is 1. The fourth-order valence-electron chi connectivity index (χ4n) is 2.12. The standard InChI is InChI=1S/C13H6ClF3N4O5S/c14-7-2-8-6(1-9(7)27(25,26)13(15,16)17)10(22)20-12(19-8)21-4-5(3-18-21)11(23)24/h1-4H,(H,23,24)(H,19,20,22). The summed E-state index contributed by atoms with van der Waals surface area (Å²) in [6.07, 6.45) is 2.02. The van der Waals surface area contributed by atoms with Crippen LogP contribution in [0.15, 0.2) is 34.2 Å². The Kier molecular flexibility index (Phi) is 4.23. The van der Waals surface area contributed by atoms with Crippen molar-refractivity contribution in [3.8, 4) is 5.95 Å². The van der Waals surface area contributed by atoms with Gasteiger partial charge in [0.2, 0.25) is 5.95 Å². The minimum Gasteiger partial charge on any atom is -0.478 e. The summed E-state index contributed by atoms with van der Waals surface area (Å²) < 4.78 is 62.3. The number of alkyl halides is 3. The number of benzene rings is 1. The van der Waals surface area contributed by atoms with Gasteiger partial charge < -0.3 is 5.11 Å². The van der Waals surface area contributed by atoms with Gasteiger partial charge in [0.15, 0.2) is 0 Å². The summed E-state index contributed by atoms with van der Waals surface area (Å²) in [5, 5.41) is 11.3. The molecule has 142 valence electrons. The first-order chi connectivity index (χ1) is 12.4. The van der Waals surface area contributed by atoms with E-state index in [0.717, 1.165) is 23.1 Å². The Morgan fingerprint density at radius 3 is 2.52 bits per heavy atom. The summed E-state index contributed by atoms with van der Waals surface area (Å²) in [6.45, 7) is 0. The first kappa shape index (κ1) is 18.8. The number of nitrogens with zero attached hydrogens (tertiary/aromatic N) is 3. The molecular formula is C13H6ClF3N4O5S. The van der Waals surface area contributed by atoms with Crippen LogP contribution >= 0.6 is 11.6 Å². The molecule has 1 aromatic carbocycles. The van der Waals surface area contributed by atoms with E-state index in [1.165, 1.54) is 0 Å². The Morgan fingerprint density at radius 1 is 1.30 bits per heavy atom. The lowest BCUT2D eigenvalue weighted by Crippen LogP contribution is -2.24. The van der Waals surface area contributed by atoms with Gasteiger partial charge in [-0.05, 0) is 12.1 Å². The maximum absolute atomic E-state index is 12.7. The van der Waals surface area contributed by atoms with Crippen molar-refractivity contribution in [1.29, 1.82) is 0 Å². The first-order valence-electron chi connectivity index (χ1n) is 6.75. The highest BCUT2D eigenvalue weighted by atomic mass is 35.5. The molecule has 0 fully saturated rings. The Labute approximate surface area is 151 Å². The topological polar surface area (TPSA) is 135 Å². The second-order valence-electron chi connectivity index (χ2n) is 5.12. The van der Waals surface area contributed by atoms with E-state index in [-0.39, 0.29) is 17.0 Å². The van der Waals surface area contributed by atoms with Gasteiger partial charge in [0, 0.05) is 6.20 Å². The number of aromatic carboxylic acids is 1. The molecule has 0 aliphatic carbocycles. The zero-order valence-corrected chi connectivity index (χ0v) is 14.2. The molecule has 27 heavy (non-hydrogen) atoms. The largest absolute Gasteiger partial charge is 0.501 e. The van der Waals surface area contributed by atoms with E-state index in [9.17, 15) is 31.2 Å². The van der Waals surface area contributed by atoms with Gasteiger partial charge in [0.25, 0.3) is 15.4 Å². The molecule has 3 rings (SSSR count). The monoisotopic (exact) mass is 422 g/mol. The predicted octanol–water partition coefficient (Wildman–Crippen LogP) is 1.75. The molecular weight excluding hydrogens is 417 g/mol. The van der Waals surface area contributed by atoms with Crippen molar-refractivity contribution in [2.75, 3.05) is 0 Å². The van der Waals surface area contributed by atoms with E-state index in [2.05, 4.69) is 15.1 Å². The first-order valence-corrected chi connectivity index (χ1v) is 8.61. The number of sulfone groups is 1. The van der Waals surface area contributed by atoms with Crippen LogP contribution in [0.1, 0.15) is 10.4 Å². The van der Waals surface area contributed by atoms with Crippen molar-refractivity contribution in [3.05, 3.63) is 45.5 Å². The van der Waals surface area contributed by atoms with Crippen LogP contribution in [0.5, 0.6) is 0 Å². The lowest BCUT2D eigenvalue weighted by atomic mass is 10.2. The SMILES string of the molecule is O=C(O)c1cnn(-c2nc3cc(Cl)c(S(=O)(=O)C(F)(F)F)cc3c(=O)[nH]2)c1. The molecule has 14 heteroatoms. The van der Waals surface area contributed by atoms with Crippen molar-refractivity contribution in [2.24, 2.45) is 0 Å². The van der Waals surface area contributed by atoms with E-state index in [0.29, 0.717) is 6.07 Å². The van der Waals surface area contributed by atoms with Crippen LogP contribution in [-0.2, 0) is 9.84 Å². The second kappa shape index (κ2) is 6.06. The van der Waals surface area contributed by atoms with E-state index >= 15 is 0 Å². The molecule has 0 saturated carbocycles. The maximum atomic E-state index is 12.7. The second-order valence-corrected chi connectivity index (χ2v) is 7.43. The summed E-state index contributed by atoms with van der Waals surface area (Å²) in [4.78, 5) is 27.9. The molecule has 3 aromatic rings. The normalized spacial score (nSPS) is 12.4. The van der Waals surface area contributed by atoms with Crippen molar-refractivity contribution < 1.29 is 31.5 Å². The number of carboxylic acids is 1. The number of hydrogen-bond acceptors (Lipinski definition) is 6. The third-order valence-electron chi connectivity index (χ3n) is 3.39. The molecule has 0 spiro atoms. The van der Waals surface area contributed by atoms with E-state index in [1.807, 2.05) is 0 Å².